The van der Waals surface area contributed by atoms with Gasteiger partial charge in [0.15, 0.2) is 0 Å². The topological polar surface area (TPSA) is 17.8 Å². The van der Waals surface area contributed by atoms with Gasteiger partial charge in [0.25, 0.3) is 0 Å². The molecular weight excluding hydrogens is 316 g/mol. The number of hydrogen-bond acceptors (Lipinski definition) is 1. The third-order valence-electron chi connectivity index (χ3n) is 5.29. The molecule has 1 unspecified atom stereocenters. The summed E-state index contributed by atoms with van der Waals surface area (Å²) in [5.74, 6) is 0.487. The summed E-state index contributed by atoms with van der Waals surface area (Å²) in [6, 6.07) is 29.8. The van der Waals surface area contributed by atoms with Crippen LogP contribution in [-0.4, -0.2) is 9.78 Å². The van der Waals surface area contributed by atoms with Crippen LogP contribution in [0.15, 0.2) is 84.9 Å². The van der Waals surface area contributed by atoms with Crippen LogP contribution in [0.1, 0.15) is 24.1 Å². The number of aromatic nitrogens is 2. The Balaban J connectivity index is 1.84. The molecule has 0 N–H and O–H groups in total. The average Bonchev–Trinajstić information content (AvgIpc) is 3.09. The second-order valence-corrected chi connectivity index (χ2v) is 6.98. The van der Waals surface area contributed by atoms with Crippen LogP contribution in [0.25, 0.3) is 28.1 Å². The molecule has 0 aliphatic heterocycles. The van der Waals surface area contributed by atoms with Gasteiger partial charge in [0.05, 0.1) is 11.4 Å². The van der Waals surface area contributed by atoms with Crippen molar-refractivity contribution >= 4 is 0 Å². The second kappa shape index (κ2) is 5.99. The smallest absolute Gasteiger partial charge is 0.101 e. The first-order valence-electron chi connectivity index (χ1n) is 9.15. The van der Waals surface area contributed by atoms with E-state index in [9.17, 15) is 0 Å². The summed E-state index contributed by atoms with van der Waals surface area (Å²) in [4.78, 5) is 0. The number of rotatable bonds is 2. The fourth-order valence-corrected chi connectivity index (χ4v) is 4.06. The standard InChI is InChI=1S/C24H20N2/c1-17-16-22-23(21-15-9-8-14-20(17)21)24(18-10-4-2-5-11-18)25-26(22)19-12-6-3-7-13-19/h2-15,17H,16H2,1H3. The lowest BCUT2D eigenvalue weighted by atomic mass is 9.81. The summed E-state index contributed by atoms with van der Waals surface area (Å²) in [5, 5.41) is 5.08. The number of fused-ring (bicyclic) bond motifs is 3. The number of para-hydroxylation sites is 1. The molecule has 0 spiro atoms. The summed E-state index contributed by atoms with van der Waals surface area (Å²) in [7, 11) is 0. The fraction of sp³-hybridized carbons (Fsp3) is 0.125. The van der Waals surface area contributed by atoms with Crippen molar-refractivity contribution in [2.75, 3.05) is 0 Å². The van der Waals surface area contributed by atoms with Crippen LogP contribution < -0.4 is 0 Å². The third kappa shape index (κ3) is 2.30. The lowest BCUT2D eigenvalue weighted by Crippen LogP contribution is -2.12. The van der Waals surface area contributed by atoms with Crippen LogP contribution in [0.3, 0.4) is 0 Å². The molecular formula is C24H20N2. The van der Waals surface area contributed by atoms with E-state index >= 15 is 0 Å². The largest absolute Gasteiger partial charge is 0.237 e. The first kappa shape index (κ1) is 15.2. The van der Waals surface area contributed by atoms with Gasteiger partial charge in [0.2, 0.25) is 0 Å². The Morgan fingerprint density at radius 2 is 1.46 bits per heavy atom. The van der Waals surface area contributed by atoms with Crippen molar-refractivity contribution in [3.63, 3.8) is 0 Å². The maximum absolute atomic E-state index is 5.08. The van der Waals surface area contributed by atoms with Crippen LogP contribution in [0.2, 0.25) is 0 Å². The Hall–Kier alpha value is -3.13. The summed E-state index contributed by atoms with van der Waals surface area (Å²) < 4.78 is 2.14. The fourth-order valence-electron chi connectivity index (χ4n) is 4.06. The van der Waals surface area contributed by atoms with Crippen LogP contribution in [0, 0.1) is 0 Å². The zero-order valence-electron chi connectivity index (χ0n) is 14.8. The molecule has 0 fully saturated rings. The number of hydrogen-bond donors (Lipinski definition) is 0. The van der Waals surface area contributed by atoms with E-state index in [2.05, 4.69) is 96.5 Å². The molecule has 1 aliphatic carbocycles. The first-order chi connectivity index (χ1) is 12.8. The van der Waals surface area contributed by atoms with Crippen molar-refractivity contribution in [1.82, 2.24) is 9.78 Å². The van der Waals surface area contributed by atoms with E-state index in [4.69, 9.17) is 5.10 Å². The van der Waals surface area contributed by atoms with E-state index in [-0.39, 0.29) is 0 Å². The van der Waals surface area contributed by atoms with Crippen molar-refractivity contribution in [3.05, 3.63) is 96.2 Å². The van der Waals surface area contributed by atoms with Gasteiger partial charge in [-0.15, -0.1) is 0 Å². The van der Waals surface area contributed by atoms with E-state index in [0.29, 0.717) is 5.92 Å². The molecule has 0 bridgehead atoms. The van der Waals surface area contributed by atoms with Crippen molar-refractivity contribution in [3.8, 4) is 28.1 Å². The Morgan fingerprint density at radius 3 is 2.23 bits per heavy atom. The van der Waals surface area contributed by atoms with E-state index in [1.165, 1.54) is 27.9 Å². The SMILES string of the molecule is CC1Cc2c(c(-c3ccccc3)nn2-c2ccccc2)-c2ccccc21. The molecule has 0 radical (unpaired) electrons. The minimum absolute atomic E-state index is 0.487. The highest BCUT2D eigenvalue weighted by Crippen LogP contribution is 2.44. The van der Waals surface area contributed by atoms with Crippen LogP contribution in [-0.2, 0) is 6.42 Å². The molecule has 1 heterocycles. The van der Waals surface area contributed by atoms with E-state index in [1.54, 1.807) is 0 Å². The lowest BCUT2D eigenvalue weighted by molar-refractivity contribution is 0.694. The minimum Gasteiger partial charge on any atom is -0.237 e. The van der Waals surface area contributed by atoms with E-state index < -0.39 is 0 Å². The minimum atomic E-state index is 0.487. The molecule has 1 aromatic heterocycles. The van der Waals surface area contributed by atoms with Gasteiger partial charge in [-0.25, -0.2) is 4.68 Å². The highest BCUT2D eigenvalue weighted by atomic mass is 15.3. The summed E-state index contributed by atoms with van der Waals surface area (Å²) in [6.45, 7) is 2.31. The maximum atomic E-state index is 5.08. The Labute approximate surface area is 153 Å². The number of benzene rings is 3. The maximum Gasteiger partial charge on any atom is 0.101 e. The Kier molecular flexibility index (Phi) is 3.49. The van der Waals surface area contributed by atoms with Crippen molar-refractivity contribution < 1.29 is 0 Å². The zero-order valence-corrected chi connectivity index (χ0v) is 14.8. The molecule has 3 aromatic carbocycles. The number of nitrogens with zero attached hydrogens (tertiary/aromatic N) is 2. The van der Waals surface area contributed by atoms with Gasteiger partial charge < -0.3 is 0 Å². The zero-order chi connectivity index (χ0) is 17.5. The molecule has 0 amide bonds. The van der Waals surface area contributed by atoms with Gasteiger partial charge in [-0.2, -0.15) is 5.10 Å². The molecule has 4 aromatic rings. The molecule has 0 saturated heterocycles. The van der Waals surface area contributed by atoms with Crippen molar-refractivity contribution in [2.24, 2.45) is 0 Å². The molecule has 1 atom stereocenters. The monoisotopic (exact) mass is 336 g/mol. The molecule has 126 valence electrons. The van der Waals surface area contributed by atoms with Crippen LogP contribution in [0.4, 0.5) is 0 Å². The van der Waals surface area contributed by atoms with E-state index in [1.807, 2.05) is 0 Å². The van der Waals surface area contributed by atoms with E-state index in [0.717, 1.165) is 17.8 Å². The highest BCUT2D eigenvalue weighted by molar-refractivity contribution is 5.86. The lowest BCUT2D eigenvalue weighted by Gasteiger charge is -2.24. The van der Waals surface area contributed by atoms with Gasteiger partial charge >= 0.3 is 0 Å². The second-order valence-electron chi connectivity index (χ2n) is 6.98. The third-order valence-corrected chi connectivity index (χ3v) is 5.29. The molecule has 2 heteroatoms. The normalized spacial score (nSPS) is 15.3. The van der Waals surface area contributed by atoms with Gasteiger partial charge in [0, 0.05) is 11.1 Å². The van der Waals surface area contributed by atoms with Crippen LogP contribution >= 0.6 is 0 Å². The molecule has 26 heavy (non-hydrogen) atoms. The first-order valence-corrected chi connectivity index (χ1v) is 9.15. The average molecular weight is 336 g/mol. The summed E-state index contributed by atoms with van der Waals surface area (Å²) in [6.07, 6.45) is 1.00. The Bertz CT molecular complexity index is 1060. The predicted molar refractivity (Wildman–Crippen MR) is 107 cm³/mol. The predicted octanol–water partition coefficient (Wildman–Crippen LogP) is 5.87. The van der Waals surface area contributed by atoms with Gasteiger partial charge in [-0.3, -0.25) is 0 Å². The molecule has 0 saturated carbocycles. The van der Waals surface area contributed by atoms with Gasteiger partial charge in [-0.05, 0) is 35.6 Å². The van der Waals surface area contributed by atoms with Crippen molar-refractivity contribution in [1.29, 1.82) is 0 Å². The van der Waals surface area contributed by atoms with Crippen molar-refractivity contribution in [2.45, 2.75) is 19.3 Å². The van der Waals surface area contributed by atoms with Crippen LogP contribution in [0.5, 0.6) is 0 Å². The summed E-state index contributed by atoms with van der Waals surface area (Å²) in [5.41, 5.74) is 8.70. The molecule has 1 aliphatic rings. The van der Waals surface area contributed by atoms with Gasteiger partial charge in [-0.1, -0.05) is 79.7 Å². The summed E-state index contributed by atoms with van der Waals surface area (Å²) >= 11 is 0. The Morgan fingerprint density at radius 1 is 0.808 bits per heavy atom. The molecule has 5 rings (SSSR count). The highest BCUT2D eigenvalue weighted by Gasteiger charge is 2.29. The quantitative estimate of drug-likeness (QED) is 0.448. The molecule has 2 nitrogen and oxygen atoms in total. The van der Waals surface area contributed by atoms with Gasteiger partial charge in [0.1, 0.15) is 5.69 Å².